The van der Waals surface area contributed by atoms with Gasteiger partial charge in [0.1, 0.15) is 36.6 Å². The van der Waals surface area contributed by atoms with Crippen LogP contribution in [0, 0.1) is 6.92 Å². The summed E-state index contributed by atoms with van der Waals surface area (Å²) < 4.78 is 16.3. The van der Waals surface area contributed by atoms with Gasteiger partial charge >= 0.3 is 0 Å². The number of rotatable bonds is 4. The molecule has 0 fully saturated rings. The Hall–Kier alpha value is -2.27. The molecule has 1 aliphatic rings. The van der Waals surface area contributed by atoms with Gasteiger partial charge in [0.15, 0.2) is 0 Å². The van der Waals surface area contributed by atoms with Gasteiger partial charge in [0, 0.05) is 29.5 Å². The molecule has 0 amide bonds. The Balaban J connectivity index is 1.72. The van der Waals surface area contributed by atoms with Crippen LogP contribution in [0.1, 0.15) is 23.1 Å². The molecule has 1 N–H and O–H groups in total. The molecule has 0 spiro atoms. The SMILES string of the molecule is COc1cc(C)nc(COc2ccc3c(c2)OCC3O)c1. The van der Waals surface area contributed by atoms with E-state index < -0.39 is 6.10 Å². The zero-order valence-electron chi connectivity index (χ0n) is 12.0. The molecule has 1 unspecified atom stereocenters. The first-order valence-corrected chi connectivity index (χ1v) is 6.75. The molecule has 0 bridgehead atoms. The predicted molar refractivity (Wildman–Crippen MR) is 76.8 cm³/mol. The second kappa shape index (κ2) is 5.61. The third-order valence-electron chi connectivity index (χ3n) is 3.34. The lowest BCUT2D eigenvalue weighted by molar-refractivity contribution is 0.140. The average Bonchev–Trinajstić information content (AvgIpc) is 2.85. The van der Waals surface area contributed by atoms with Crippen molar-refractivity contribution < 1.29 is 19.3 Å². The summed E-state index contributed by atoms with van der Waals surface area (Å²) in [4.78, 5) is 4.41. The lowest BCUT2D eigenvalue weighted by Crippen LogP contribution is -2.00. The molecule has 2 heterocycles. The highest BCUT2D eigenvalue weighted by Gasteiger charge is 2.22. The number of pyridine rings is 1. The molecule has 21 heavy (non-hydrogen) atoms. The van der Waals surface area contributed by atoms with Gasteiger partial charge in [-0.3, -0.25) is 4.98 Å². The van der Waals surface area contributed by atoms with Crippen LogP contribution in [0.4, 0.5) is 0 Å². The molecule has 1 aromatic heterocycles. The number of aliphatic hydroxyl groups is 1. The van der Waals surface area contributed by atoms with E-state index in [4.69, 9.17) is 14.2 Å². The predicted octanol–water partition coefficient (Wildman–Crippen LogP) is 2.40. The van der Waals surface area contributed by atoms with Crippen LogP contribution in [0.5, 0.6) is 17.2 Å². The van der Waals surface area contributed by atoms with Crippen molar-refractivity contribution in [3.63, 3.8) is 0 Å². The van der Waals surface area contributed by atoms with Gasteiger partial charge in [-0.15, -0.1) is 0 Å². The van der Waals surface area contributed by atoms with Crippen molar-refractivity contribution in [1.29, 1.82) is 0 Å². The van der Waals surface area contributed by atoms with E-state index in [1.165, 1.54) is 0 Å². The number of fused-ring (bicyclic) bond motifs is 1. The molecule has 0 saturated heterocycles. The summed E-state index contributed by atoms with van der Waals surface area (Å²) in [5.41, 5.74) is 2.49. The van der Waals surface area contributed by atoms with Crippen LogP contribution in [0.2, 0.25) is 0 Å². The average molecular weight is 287 g/mol. The van der Waals surface area contributed by atoms with E-state index in [0.29, 0.717) is 24.7 Å². The minimum atomic E-state index is -0.545. The third kappa shape index (κ3) is 2.92. The summed E-state index contributed by atoms with van der Waals surface area (Å²) in [6, 6.07) is 9.16. The zero-order chi connectivity index (χ0) is 14.8. The maximum absolute atomic E-state index is 9.68. The molecule has 1 aromatic carbocycles. The molecule has 0 radical (unpaired) electrons. The largest absolute Gasteiger partial charge is 0.497 e. The van der Waals surface area contributed by atoms with Crippen LogP contribution >= 0.6 is 0 Å². The van der Waals surface area contributed by atoms with Crippen LogP contribution in [-0.2, 0) is 6.61 Å². The summed E-state index contributed by atoms with van der Waals surface area (Å²) in [7, 11) is 1.63. The number of nitrogens with zero attached hydrogens (tertiary/aromatic N) is 1. The number of benzene rings is 1. The van der Waals surface area contributed by atoms with E-state index >= 15 is 0 Å². The lowest BCUT2D eigenvalue weighted by atomic mass is 10.1. The minimum absolute atomic E-state index is 0.301. The van der Waals surface area contributed by atoms with E-state index in [1.54, 1.807) is 13.2 Å². The molecule has 1 atom stereocenters. The fraction of sp³-hybridized carbons (Fsp3) is 0.312. The summed E-state index contributed by atoms with van der Waals surface area (Å²) in [5, 5.41) is 9.68. The molecule has 110 valence electrons. The number of ether oxygens (including phenoxy) is 3. The van der Waals surface area contributed by atoms with Gasteiger partial charge in [-0.1, -0.05) is 0 Å². The van der Waals surface area contributed by atoms with Gasteiger partial charge in [0.05, 0.1) is 12.8 Å². The topological polar surface area (TPSA) is 60.8 Å². The van der Waals surface area contributed by atoms with Crippen LogP contribution in [0.15, 0.2) is 30.3 Å². The molecule has 0 aliphatic carbocycles. The molecular formula is C16H17NO4. The number of aliphatic hydroxyl groups excluding tert-OH is 1. The summed E-state index contributed by atoms with van der Waals surface area (Å²) in [6.07, 6.45) is -0.545. The monoisotopic (exact) mass is 287 g/mol. The number of aryl methyl sites for hydroxylation is 1. The second-order valence-corrected chi connectivity index (χ2v) is 4.95. The number of hydrogen-bond acceptors (Lipinski definition) is 5. The highest BCUT2D eigenvalue weighted by atomic mass is 16.5. The summed E-state index contributed by atoms with van der Waals surface area (Å²) in [5.74, 6) is 2.13. The number of methoxy groups -OCH3 is 1. The van der Waals surface area contributed by atoms with Gasteiger partial charge in [-0.25, -0.2) is 0 Å². The van der Waals surface area contributed by atoms with Gasteiger partial charge in [-0.05, 0) is 19.1 Å². The standard InChI is InChI=1S/C16H17NO4/c1-10-5-13(19-2)6-11(17-10)8-20-12-3-4-14-15(18)9-21-16(14)7-12/h3-7,15,18H,8-9H2,1-2H3. The van der Waals surface area contributed by atoms with Gasteiger partial charge in [-0.2, -0.15) is 0 Å². The Morgan fingerprint density at radius 1 is 1.29 bits per heavy atom. The Morgan fingerprint density at radius 3 is 2.95 bits per heavy atom. The van der Waals surface area contributed by atoms with Crippen molar-refractivity contribution in [3.8, 4) is 17.2 Å². The smallest absolute Gasteiger partial charge is 0.130 e. The summed E-state index contributed by atoms with van der Waals surface area (Å²) >= 11 is 0. The maximum Gasteiger partial charge on any atom is 0.130 e. The first-order valence-electron chi connectivity index (χ1n) is 6.75. The quantitative estimate of drug-likeness (QED) is 0.935. The first-order chi connectivity index (χ1) is 10.2. The molecule has 1 aliphatic heterocycles. The fourth-order valence-corrected chi connectivity index (χ4v) is 2.32. The van der Waals surface area contributed by atoms with E-state index in [1.807, 2.05) is 31.2 Å². The Bertz CT molecular complexity index is 657. The van der Waals surface area contributed by atoms with Crippen molar-refractivity contribution in [1.82, 2.24) is 4.98 Å². The van der Waals surface area contributed by atoms with Crippen molar-refractivity contribution in [2.45, 2.75) is 19.6 Å². The molecular weight excluding hydrogens is 270 g/mol. The number of hydrogen-bond donors (Lipinski definition) is 1. The molecule has 5 heteroatoms. The molecule has 5 nitrogen and oxygen atoms in total. The van der Waals surface area contributed by atoms with Crippen molar-refractivity contribution in [2.24, 2.45) is 0 Å². The Labute approximate surface area is 123 Å². The minimum Gasteiger partial charge on any atom is -0.497 e. The van der Waals surface area contributed by atoms with Crippen molar-refractivity contribution >= 4 is 0 Å². The number of aromatic nitrogens is 1. The Morgan fingerprint density at radius 2 is 2.14 bits per heavy atom. The first kappa shape index (κ1) is 13.7. The normalized spacial score (nSPS) is 16.2. The molecule has 2 aromatic rings. The van der Waals surface area contributed by atoms with Crippen LogP contribution in [-0.4, -0.2) is 23.8 Å². The van der Waals surface area contributed by atoms with Crippen LogP contribution in [0.25, 0.3) is 0 Å². The lowest BCUT2D eigenvalue weighted by Gasteiger charge is -2.09. The van der Waals surface area contributed by atoms with E-state index in [-0.39, 0.29) is 0 Å². The Kier molecular flexibility index (Phi) is 3.66. The van der Waals surface area contributed by atoms with E-state index in [9.17, 15) is 5.11 Å². The third-order valence-corrected chi connectivity index (χ3v) is 3.34. The highest BCUT2D eigenvalue weighted by Crippen LogP contribution is 2.35. The van der Waals surface area contributed by atoms with Gasteiger partial charge < -0.3 is 19.3 Å². The van der Waals surface area contributed by atoms with Crippen molar-refractivity contribution in [3.05, 3.63) is 47.3 Å². The second-order valence-electron chi connectivity index (χ2n) is 4.95. The zero-order valence-corrected chi connectivity index (χ0v) is 12.0. The highest BCUT2D eigenvalue weighted by molar-refractivity contribution is 5.44. The van der Waals surface area contributed by atoms with E-state index in [0.717, 1.165) is 22.7 Å². The fourth-order valence-electron chi connectivity index (χ4n) is 2.32. The molecule has 3 rings (SSSR count). The van der Waals surface area contributed by atoms with Gasteiger partial charge in [0.2, 0.25) is 0 Å². The van der Waals surface area contributed by atoms with Crippen LogP contribution in [0.3, 0.4) is 0 Å². The molecule has 0 saturated carbocycles. The maximum atomic E-state index is 9.68. The van der Waals surface area contributed by atoms with E-state index in [2.05, 4.69) is 4.98 Å². The van der Waals surface area contributed by atoms with Gasteiger partial charge in [0.25, 0.3) is 0 Å². The summed E-state index contributed by atoms with van der Waals surface area (Å²) in [6.45, 7) is 2.56. The van der Waals surface area contributed by atoms with Crippen LogP contribution < -0.4 is 14.2 Å². The van der Waals surface area contributed by atoms with Crippen molar-refractivity contribution in [2.75, 3.05) is 13.7 Å².